The maximum atomic E-state index is 13.1. The number of benzene rings is 1. The van der Waals surface area contributed by atoms with Gasteiger partial charge in [0.15, 0.2) is 0 Å². The number of rotatable bonds is 6. The van der Waals surface area contributed by atoms with Crippen LogP contribution in [-0.4, -0.2) is 29.0 Å². The molecule has 134 valence electrons. The molecule has 0 saturated carbocycles. The van der Waals surface area contributed by atoms with Gasteiger partial charge in [0.05, 0.1) is 12.2 Å². The highest BCUT2D eigenvalue weighted by atomic mass is 19.4. The average molecular weight is 360 g/mol. The molecule has 0 fully saturated rings. The van der Waals surface area contributed by atoms with Gasteiger partial charge in [0.25, 0.3) is 0 Å². The third-order valence-electron chi connectivity index (χ3n) is 3.33. The van der Waals surface area contributed by atoms with Crippen molar-refractivity contribution >= 4 is 5.97 Å². The summed E-state index contributed by atoms with van der Waals surface area (Å²) in [5, 5.41) is 0. The summed E-state index contributed by atoms with van der Waals surface area (Å²) in [6.45, 7) is -0.316. The molecule has 0 radical (unpaired) electrons. The minimum absolute atomic E-state index is 0.130. The Hall–Kier alpha value is -2.58. The Morgan fingerprint density at radius 3 is 2.20 bits per heavy atom. The molecule has 0 aliphatic heterocycles. The first-order valence-corrected chi connectivity index (χ1v) is 7.18. The van der Waals surface area contributed by atoms with Crippen LogP contribution in [-0.2, 0) is 10.9 Å². The molecule has 1 heterocycles. The van der Waals surface area contributed by atoms with Crippen molar-refractivity contribution in [2.45, 2.75) is 24.9 Å². The SMILES string of the molecule is O=C(OCCC(c1ccccc1)C(F)F)c1cnc(C(F)(F)F)nc1. The summed E-state index contributed by atoms with van der Waals surface area (Å²) in [6, 6.07) is 8.02. The zero-order valence-electron chi connectivity index (χ0n) is 12.7. The number of aromatic nitrogens is 2. The standard InChI is InChI=1S/C16H13F5N2O2/c17-13(18)12(10-4-2-1-3-5-10)6-7-25-14(24)11-8-22-15(23-9-11)16(19,20)21/h1-5,8-9,12-13H,6-7H2. The second-order valence-corrected chi connectivity index (χ2v) is 5.07. The minimum Gasteiger partial charge on any atom is -0.462 e. The number of hydrogen-bond acceptors (Lipinski definition) is 4. The van der Waals surface area contributed by atoms with Crippen molar-refractivity contribution in [2.24, 2.45) is 0 Å². The highest BCUT2D eigenvalue weighted by Gasteiger charge is 2.34. The summed E-state index contributed by atoms with van der Waals surface area (Å²) in [5.74, 6) is -3.47. The van der Waals surface area contributed by atoms with E-state index in [0.717, 1.165) is 0 Å². The molecule has 1 atom stereocenters. The monoisotopic (exact) mass is 360 g/mol. The summed E-state index contributed by atoms with van der Waals surface area (Å²) in [7, 11) is 0. The Morgan fingerprint density at radius 2 is 1.68 bits per heavy atom. The van der Waals surface area contributed by atoms with Crippen molar-refractivity contribution in [1.29, 1.82) is 0 Å². The molecule has 0 aliphatic carbocycles. The van der Waals surface area contributed by atoms with Crippen LogP contribution in [0.5, 0.6) is 0 Å². The van der Waals surface area contributed by atoms with E-state index in [0.29, 0.717) is 18.0 Å². The molecule has 1 unspecified atom stereocenters. The largest absolute Gasteiger partial charge is 0.462 e. The molecular weight excluding hydrogens is 347 g/mol. The molecular formula is C16H13F5N2O2. The quantitative estimate of drug-likeness (QED) is 0.575. The Bertz CT molecular complexity index is 690. The molecule has 0 N–H and O–H groups in total. The van der Waals surface area contributed by atoms with Gasteiger partial charge < -0.3 is 4.74 Å². The van der Waals surface area contributed by atoms with Gasteiger partial charge in [0.2, 0.25) is 12.2 Å². The molecule has 25 heavy (non-hydrogen) atoms. The van der Waals surface area contributed by atoms with Gasteiger partial charge in [0.1, 0.15) is 0 Å². The van der Waals surface area contributed by atoms with E-state index >= 15 is 0 Å². The highest BCUT2D eigenvalue weighted by Crippen LogP contribution is 2.27. The molecule has 0 bridgehead atoms. The van der Waals surface area contributed by atoms with Gasteiger partial charge in [-0.2, -0.15) is 13.2 Å². The van der Waals surface area contributed by atoms with E-state index in [9.17, 15) is 26.7 Å². The lowest BCUT2D eigenvalue weighted by molar-refractivity contribution is -0.145. The van der Waals surface area contributed by atoms with Crippen LogP contribution in [0.1, 0.15) is 34.1 Å². The number of nitrogens with zero attached hydrogens (tertiary/aromatic N) is 2. The molecule has 0 aliphatic rings. The predicted molar refractivity (Wildman–Crippen MR) is 77.1 cm³/mol. The lowest BCUT2D eigenvalue weighted by Crippen LogP contribution is -2.16. The van der Waals surface area contributed by atoms with Gasteiger partial charge in [-0.1, -0.05) is 30.3 Å². The van der Waals surface area contributed by atoms with Crippen LogP contribution in [0, 0.1) is 0 Å². The second-order valence-electron chi connectivity index (χ2n) is 5.07. The predicted octanol–water partition coefficient (Wildman–Crippen LogP) is 4.09. The Labute approximate surface area is 139 Å². The molecule has 1 aromatic heterocycles. The molecule has 0 spiro atoms. The van der Waals surface area contributed by atoms with E-state index in [-0.39, 0.29) is 18.6 Å². The van der Waals surface area contributed by atoms with E-state index in [4.69, 9.17) is 4.74 Å². The van der Waals surface area contributed by atoms with Crippen molar-refractivity contribution in [2.75, 3.05) is 6.61 Å². The Balaban J connectivity index is 1.93. The average Bonchev–Trinajstić information content (AvgIpc) is 2.58. The summed E-state index contributed by atoms with van der Waals surface area (Å²) >= 11 is 0. The number of esters is 1. The molecule has 0 saturated heterocycles. The number of ether oxygens (including phenoxy) is 1. The van der Waals surface area contributed by atoms with Gasteiger partial charge in [-0.15, -0.1) is 0 Å². The van der Waals surface area contributed by atoms with Gasteiger partial charge in [-0.05, 0) is 12.0 Å². The van der Waals surface area contributed by atoms with Crippen molar-refractivity contribution in [3.8, 4) is 0 Å². The van der Waals surface area contributed by atoms with Crippen LogP contribution in [0.4, 0.5) is 22.0 Å². The zero-order chi connectivity index (χ0) is 18.4. The summed E-state index contributed by atoms with van der Waals surface area (Å²) in [6.07, 6.45) is -6.13. The molecule has 2 rings (SSSR count). The maximum Gasteiger partial charge on any atom is 0.451 e. The molecule has 9 heteroatoms. The topological polar surface area (TPSA) is 52.1 Å². The van der Waals surface area contributed by atoms with Crippen molar-refractivity contribution < 1.29 is 31.5 Å². The van der Waals surface area contributed by atoms with E-state index in [1.165, 1.54) is 0 Å². The number of halogens is 5. The van der Waals surface area contributed by atoms with Crippen molar-refractivity contribution in [3.05, 3.63) is 59.7 Å². The van der Waals surface area contributed by atoms with Gasteiger partial charge in [-0.25, -0.2) is 23.5 Å². The first kappa shape index (κ1) is 18.8. The van der Waals surface area contributed by atoms with Crippen LogP contribution in [0.2, 0.25) is 0 Å². The van der Waals surface area contributed by atoms with Crippen molar-refractivity contribution in [3.63, 3.8) is 0 Å². The number of hydrogen-bond donors (Lipinski definition) is 0. The lowest BCUT2D eigenvalue weighted by Gasteiger charge is -2.16. The van der Waals surface area contributed by atoms with Crippen LogP contribution < -0.4 is 0 Å². The normalized spacial score (nSPS) is 12.9. The first-order chi connectivity index (χ1) is 11.8. The third kappa shape index (κ3) is 5.20. The fourth-order valence-corrected chi connectivity index (χ4v) is 2.08. The van der Waals surface area contributed by atoms with Gasteiger partial charge >= 0.3 is 12.1 Å². The highest BCUT2D eigenvalue weighted by molar-refractivity contribution is 5.88. The van der Waals surface area contributed by atoms with E-state index in [1.54, 1.807) is 30.3 Å². The summed E-state index contributed by atoms with van der Waals surface area (Å²) in [5.41, 5.74) is 0.118. The number of alkyl halides is 5. The van der Waals surface area contributed by atoms with E-state index < -0.39 is 30.3 Å². The Kier molecular flexibility index (Phi) is 6.00. The second kappa shape index (κ2) is 8.00. The van der Waals surface area contributed by atoms with Crippen LogP contribution in [0.3, 0.4) is 0 Å². The zero-order valence-corrected chi connectivity index (χ0v) is 12.7. The van der Waals surface area contributed by atoms with Crippen molar-refractivity contribution in [1.82, 2.24) is 9.97 Å². The first-order valence-electron chi connectivity index (χ1n) is 7.18. The minimum atomic E-state index is -4.72. The summed E-state index contributed by atoms with van der Waals surface area (Å²) in [4.78, 5) is 17.8. The molecule has 2 aromatic rings. The smallest absolute Gasteiger partial charge is 0.451 e. The lowest BCUT2D eigenvalue weighted by atomic mass is 9.97. The summed E-state index contributed by atoms with van der Waals surface area (Å²) < 4.78 is 68.1. The third-order valence-corrected chi connectivity index (χ3v) is 3.33. The molecule has 1 aromatic carbocycles. The van der Waals surface area contributed by atoms with Gasteiger partial charge in [0, 0.05) is 18.3 Å². The number of carbonyl (C=O) groups excluding carboxylic acids is 1. The van der Waals surface area contributed by atoms with Crippen LogP contribution in [0.25, 0.3) is 0 Å². The number of carbonyl (C=O) groups is 1. The molecule has 0 amide bonds. The molecule has 4 nitrogen and oxygen atoms in total. The van der Waals surface area contributed by atoms with Gasteiger partial charge in [-0.3, -0.25) is 0 Å². The Morgan fingerprint density at radius 1 is 1.08 bits per heavy atom. The van der Waals surface area contributed by atoms with E-state index in [2.05, 4.69) is 9.97 Å². The van der Waals surface area contributed by atoms with Crippen LogP contribution in [0.15, 0.2) is 42.7 Å². The fraction of sp³-hybridized carbons (Fsp3) is 0.312. The maximum absolute atomic E-state index is 13.1. The fourth-order valence-electron chi connectivity index (χ4n) is 2.08. The van der Waals surface area contributed by atoms with Crippen LogP contribution >= 0.6 is 0 Å². The van der Waals surface area contributed by atoms with E-state index in [1.807, 2.05) is 0 Å².